The monoisotopic (exact) mass is 352 g/mol. The number of ether oxygens (including phenoxy) is 1. The second kappa shape index (κ2) is 7.72. The molecule has 0 saturated carbocycles. The van der Waals surface area contributed by atoms with Crippen molar-refractivity contribution in [1.82, 2.24) is 14.9 Å². The van der Waals surface area contributed by atoms with Gasteiger partial charge < -0.3 is 9.64 Å². The zero-order chi connectivity index (χ0) is 17.8. The topological polar surface area (TPSA) is 41.5 Å². The van der Waals surface area contributed by atoms with Gasteiger partial charge in [-0.2, -0.15) is 0 Å². The average molecular weight is 352 g/mol. The molecule has 0 bridgehead atoms. The van der Waals surface area contributed by atoms with Crippen molar-refractivity contribution in [3.63, 3.8) is 0 Å². The molecule has 2 aliphatic heterocycles. The number of hydrogen-bond donors (Lipinski definition) is 0. The zero-order valence-corrected chi connectivity index (χ0v) is 15.6. The number of nitrogens with zero attached hydrogens (tertiary/aromatic N) is 4. The van der Waals surface area contributed by atoms with Gasteiger partial charge in [-0.1, -0.05) is 6.07 Å². The molecule has 0 amide bonds. The summed E-state index contributed by atoms with van der Waals surface area (Å²) in [6.07, 6.45) is 6.25. The fourth-order valence-electron chi connectivity index (χ4n) is 4.36. The summed E-state index contributed by atoms with van der Waals surface area (Å²) in [4.78, 5) is 14.0. The Morgan fingerprint density at radius 1 is 1.15 bits per heavy atom. The van der Waals surface area contributed by atoms with E-state index in [1.165, 1.54) is 24.2 Å². The Labute approximate surface area is 156 Å². The second-order valence-electron chi connectivity index (χ2n) is 7.77. The van der Waals surface area contributed by atoms with Crippen LogP contribution in [-0.2, 0) is 11.3 Å². The van der Waals surface area contributed by atoms with Crippen molar-refractivity contribution < 1.29 is 4.74 Å². The van der Waals surface area contributed by atoms with Crippen LogP contribution in [0, 0.1) is 12.3 Å². The molecule has 1 atom stereocenters. The predicted octanol–water partition coefficient (Wildman–Crippen LogP) is 2.90. The summed E-state index contributed by atoms with van der Waals surface area (Å²) in [5.41, 5.74) is 3.65. The molecule has 26 heavy (non-hydrogen) atoms. The normalized spacial score (nSPS) is 24.6. The van der Waals surface area contributed by atoms with Gasteiger partial charge in [-0.05, 0) is 50.6 Å². The van der Waals surface area contributed by atoms with E-state index in [9.17, 15) is 0 Å². The molecule has 2 saturated heterocycles. The summed E-state index contributed by atoms with van der Waals surface area (Å²) in [7, 11) is 0. The molecule has 4 rings (SSSR count). The molecule has 1 spiro atoms. The summed E-state index contributed by atoms with van der Waals surface area (Å²) in [6, 6.07) is 10.5. The third-order valence-corrected chi connectivity index (χ3v) is 5.52. The zero-order valence-electron chi connectivity index (χ0n) is 15.6. The van der Waals surface area contributed by atoms with Crippen molar-refractivity contribution in [2.45, 2.75) is 26.3 Å². The molecule has 2 aliphatic rings. The fourth-order valence-corrected chi connectivity index (χ4v) is 4.36. The van der Waals surface area contributed by atoms with Crippen molar-refractivity contribution in [1.29, 1.82) is 0 Å². The van der Waals surface area contributed by atoms with Gasteiger partial charge >= 0.3 is 0 Å². The lowest BCUT2D eigenvalue weighted by molar-refractivity contribution is 0.0103. The van der Waals surface area contributed by atoms with Crippen LogP contribution in [0.2, 0.25) is 0 Å². The summed E-state index contributed by atoms with van der Waals surface area (Å²) < 4.78 is 6.05. The standard InChI is InChI=1S/C21H28N4O/c1-18-5-2-6-19(23-18)14-24-10-4-8-21(15-24)16-25(11-12-26-17-21)20-7-3-9-22-13-20/h2-3,5-7,9,13H,4,8,10-12,14-17H2,1H3. The van der Waals surface area contributed by atoms with Crippen LogP contribution >= 0.6 is 0 Å². The Bertz CT molecular complexity index is 723. The van der Waals surface area contributed by atoms with E-state index in [0.29, 0.717) is 0 Å². The molecule has 2 fully saturated rings. The van der Waals surface area contributed by atoms with Crippen LogP contribution in [0.3, 0.4) is 0 Å². The van der Waals surface area contributed by atoms with Gasteiger partial charge in [0.05, 0.1) is 30.8 Å². The number of aromatic nitrogens is 2. The first kappa shape index (κ1) is 17.4. The largest absolute Gasteiger partial charge is 0.379 e. The van der Waals surface area contributed by atoms with Gasteiger partial charge in [0.25, 0.3) is 0 Å². The Hall–Kier alpha value is -1.98. The lowest BCUT2D eigenvalue weighted by Crippen LogP contribution is -2.50. The molecule has 2 aromatic rings. The van der Waals surface area contributed by atoms with Gasteiger partial charge in [0.1, 0.15) is 0 Å². The maximum absolute atomic E-state index is 6.05. The van der Waals surface area contributed by atoms with E-state index in [0.717, 1.165) is 51.6 Å². The highest BCUT2D eigenvalue weighted by atomic mass is 16.5. The predicted molar refractivity (Wildman–Crippen MR) is 103 cm³/mol. The van der Waals surface area contributed by atoms with E-state index in [2.05, 4.69) is 46.0 Å². The van der Waals surface area contributed by atoms with Gasteiger partial charge in [0.2, 0.25) is 0 Å². The number of anilines is 1. The number of rotatable bonds is 3. The van der Waals surface area contributed by atoms with Crippen molar-refractivity contribution in [2.75, 3.05) is 44.3 Å². The van der Waals surface area contributed by atoms with E-state index in [1.807, 2.05) is 18.5 Å². The van der Waals surface area contributed by atoms with Crippen molar-refractivity contribution in [3.05, 3.63) is 54.1 Å². The van der Waals surface area contributed by atoms with E-state index in [-0.39, 0.29) is 5.41 Å². The van der Waals surface area contributed by atoms with E-state index >= 15 is 0 Å². The van der Waals surface area contributed by atoms with Crippen molar-refractivity contribution >= 4 is 5.69 Å². The first-order valence-electron chi connectivity index (χ1n) is 9.60. The fraction of sp³-hybridized carbons (Fsp3) is 0.524. The van der Waals surface area contributed by atoms with Crippen LogP contribution in [0.1, 0.15) is 24.2 Å². The third-order valence-electron chi connectivity index (χ3n) is 5.52. The first-order chi connectivity index (χ1) is 12.7. The number of likely N-dealkylation sites (tertiary alicyclic amines) is 1. The Morgan fingerprint density at radius 3 is 2.96 bits per heavy atom. The van der Waals surface area contributed by atoms with Crippen molar-refractivity contribution in [2.24, 2.45) is 5.41 Å². The number of piperidine rings is 1. The molecule has 5 heteroatoms. The maximum atomic E-state index is 6.05. The Balaban J connectivity index is 1.49. The number of pyridine rings is 2. The van der Waals surface area contributed by atoms with Crippen LogP contribution < -0.4 is 4.90 Å². The summed E-state index contributed by atoms with van der Waals surface area (Å²) in [5, 5.41) is 0. The molecule has 5 nitrogen and oxygen atoms in total. The SMILES string of the molecule is Cc1cccc(CN2CCCC3(COCCN(c4cccnc4)C3)C2)n1. The van der Waals surface area contributed by atoms with Crippen LogP contribution in [0.25, 0.3) is 0 Å². The highest BCUT2D eigenvalue weighted by molar-refractivity contribution is 5.44. The first-order valence-corrected chi connectivity index (χ1v) is 9.60. The van der Waals surface area contributed by atoms with Crippen LogP contribution in [-0.4, -0.2) is 54.3 Å². The Morgan fingerprint density at radius 2 is 2.12 bits per heavy atom. The van der Waals surface area contributed by atoms with Gasteiger partial charge in [0.15, 0.2) is 0 Å². The molecular weight excluding hydrogens is 324 g/mol. The number of aryl methyl sites for hydroxylation is 1. The molecule has 138 valence electrons. The van der Waals surface area contributed by atoms with Crippen LogP contribution in [0.15, 0.2) is 42.7 Å². The quantitative estimate of drug-likeness (QED) is 0.850. The van der Waals surface area contributed by atoms with Gasteiger partial charge in [-0.15, -0.1) is 0 Å². The van der Waals surface area contributed by atoms with Gasteiger partial charge in [-0.3, -0.25) is 14.9 Å². The molecule has 1 unspecified atom stereocenters. The summed E-state index contributed by atoms with van der Waals surface area (Å²) in [6.45, 7) is 8.81. The highest BCUT2D eigenvalue weighted by Gasteiger charge is 2.39. The molecule has 0 aromatic carbocycles. The third kappa shape index (κ3) is 4.05. The average Bonchev–Trinajstić information content (AvgIpc) is 2.85. The molecule has 4 heterocycles. The minimum absolute atomic E-state index is 0.189. The maximum Gasteiger partial charge on any atom is 0.0641 e. The van der Waals surface area contributed by atoms with Gasteiger partial charge in [-0.25, -0.2) is 0 Å². The minimum atomic E-state index is 0.189. The summed E-state index contributed by atoms with van der Waals surface area (Å²) in [5.74, 6) is 0. The molecule has 0 aliphatic carbocycles. The highest BCUT2D eigenvalue weighted by Crippen LogP contribution is 2.34. The van der Waals surface area contributed by atoms with Crippen LogP contribution in [0.4, 0.5) is 5.69 Å². The molecule has 0 N–H and O–H groups in total. The molecular formula is C21H28N4O. The lowest BCUT2D eigenvalue weighted by Gasteiger charge is -2.44. The molecule has 2 aromatic heterocycles. The van der Waals surface area contributed by atoms with E-state index < -0.39 is 0 Å². The smallest absolute Gasteiger partial charge is 0.0641 e. The lowest BCUT2D eigenvalue weighted by atomic mass is 9.80. The number of hydrogen-bond acceptors (Lipinski definition) is 5. The minimum Gasteiger partial charge on any atom is -0.379 e. The molecule has 0 radical (unpaired) electrons. The second-order valence-corrected chi connectivity index (χ2v) is 7.77. The van der Waals surface area contributed by atoms with E-state index in [1.54, 1.807) is 0 Å². The van der Waals surface area contributed by atoms with E-state index in [4.69, 9.17) is 9.72 Å². The Kier molecular flexibility index (Phi) is 5.18. The summed E-state index contributed by atoms with van der Waals surface area (Å²) >= 11 is 0. The van der Waals surface area contributed by atoms with Gasteiger partial charge in [0, 0.05) is 43.5 Å². The van der Waals surface area contributed by atoms with Crippen LogP contribution in [0.5, 0.6) is 0 Å². The van der Waals surface area contributed by atoms with Crippen molar-refractivity contribution in [3.8, 4) is 0 Å².